The molecule has 0 bridgehead atoms. The first-order valence-corrected chi connectivity index (χ1v) is 10.1. The van der Waals surface area contributed by atoms with Gasteiger partial charge in [0.1, 0.15) is 11.6 Å². The van der Waals surface area contributed by atoms with Crippen molar-refractivity contribution in [3.63, 3.8) is 0 Å². The maximum Gasteiger partial charge on any atom is 0.292 e. The number of fused-ring (bicyclic) bond motifs is 1. The molecule has 0 spiro atoms. The van der Waals surface area contributed by atoms with E-state index in [9.17, 15) is 19.1 Å². The standard InChI is InChI=1S/C22H16Cl2FN3O3/c23-17-8-26-9-18(24)20(17)27-22(31)21(30)16-11-28(10-12-1-3-13(25)4-2-12)19-6-5-14(29)7-15(16)19/h1-9,16,29H,10-11H2,(H,26,27,31). The minimum atomic E-state index is -0.877. The zero-order valence-electron chi connectivity index (χ0n) is 16.0. The first kappa shape index (κ1) is 21.1. The molecular weight excluding hydrogens is 444 g/mol. The molecule has 0 aliphatic carbocycles. The number of anilines is 2. The van der Waals surface area contributed by atoms with Crippen molar-refractivity contribution >= 4 is 46.3 Å². The molecule has 158 valence electrons. The largest absolute Gasteiger partial charge is 0.508 e. The molecule has 0 saturated carbocycles. The van der Waals surface area contributed by atoms with E-state index in [2.05, 4.69) is 10.3 Å². The number of nitrogens with zero attached hydrogens (tertiary/aromatic N) is 2. The maximum atomic E-state index is 13.2. The van der Waals surface area contributed by atoms with Crippen LogP contribution >= 0.6 is 23.2 Å². The predicted octanol–water partition coefficient (Wildman–Crippen LogP) is 4.54. The molecule has 1 amide bonds. The van der Waals surface area contributed by atoms with E-state index in [-0.39, 0.29) is 33.8 Å². The van der Waals surface area contributed by atoms with Crippen LogP contribution in [0.5, 0.6) is 5.75 Å². The summed E-state index contributed by atoms with van der Waals surface area (Å²) in [6, 6.07) is 10.7. The van der Waals surface area contributed by atoms with Crippen LogP contribution in [0.4, 0.5) is 15.8 Å². The fraction of sp³-hybridized carbons (Fsp3) is 0.136. The first-order valence-electron chi connectivity index (χ1n) is 9.30. The van der Waals surface area contributed by atoms with Crippen LogP contribution in [0.15, 0.2) is 54.9 Å². The Morgan fingerprint density at radius 3 is 2.48 bits per heavy atom. The summed E-state index contributed by atoms with van der Waals surface area (Å²) in [4.78, 5) is 31.4. The molecule has 1 aliphatic rings. The molecule has 1 unspecified atom stereocenters. The quantitative estimate of drug-likeness (QED) is 0.547. The zero-order valence-corrected chi connectivity index (χ0v) is 17.5. The third-order valence-corrected chi connectivity index (χ3v) is 5.62. The number of benzene rings is 2. The van der Waals surface area contributed by atoms with Gasteiger partial charge in [0.05, 0.1) is 21.7 Å². The Bertz CT molecular complexity index is 1150. The summed E-state index contributed by atoms with van der Waals surface area (Å²) >= 11 is 12.0. The lowest BCUT2D eigenvalue weighted by molar-refractivity contribution is -0.135. The number of amides is 1. The van der Waals surface area contributed by atoms with Crippen molar-refractivity contribution in [2.75, 3.05) is 16.8 Å². The van der Waals surface area contributed by atoms with E-state index in [1.165, 1.54) is 36.7 Å². The van der Waals surface area contributed by atoms with Gasteiger partial charge in [0, 0.05) is 31.2 Å². The molecule has 0 saturated heterocycles. The number of carbonyl (C=O) groups excluding carboxylic acids is 2. The van der Waals surface area contributed by atoms with Crippen LogP contribution in [-0.2, 0) is 16.1 Å². The second-order valence-electron chi connectivity index (χ2n) is 7.10. The number of aromatic hydroxyl groups is 1. The van der Waals surface area contributed by atoms with E-state index < -0.39 is 17.6 Å². The van der Waals surface area contributed by atoms with Gasteiger partial charge < -0.3 is 15.3 Å². The van der Waals surface area contributed by atoms with Gasteiger partial charge in [-0.25, -0.2) is 4.39 Å². The molecule has 31 heavy (non-hydrogen) atoms. The van der Waals surface area contributed by atoms with Crippen molar-refractivity contribution in [1.82, 2.24) is 4.98 Å². The lowest BCUT2D eigenvalue weighted by atomic mass is 9.96. The fourth-order valence-electron chi connectivity index (χ4n) is 3.57. The predicted molar refractivity (Wildman–Crippen MR) is 116 cm³/mol. The monoisotopic (exact) mass is 459 g/mol. The highest BCUT2D eigenvalue weighted by atomic mass is 35.5. The minimum absolute atomic E-state index is 0.0131. The molecule has 3 aromatic rings. The number of hydrogen-bond donors (Lipinski definition) is 2. The average Bonchev–Trinajstić information content (AvgIpc) is 3.09. The number of ketones is 1. The van der Waals surface area contributed by atoms with Gasteiger partial charge in [0.15, 0.2) is 0 Å². The Labute approximate surface area is 187 Å². The molecule has 0 fully saturated rings. The van der Waals surface area contributed by atoms with Crippen LogP contribution in [0.1, 0.15) is 17.0 Å². The van der Waals surface area contributed by atoms with Gasteiger partial charge in [-0.05, 0) is 41.5 Å². The molecule has 4 rings (SSSR count). The van der Waals surface area contributed by atoms with E-state index >= 15 is 0 Å². The van der Waals surface area contributed by atoms with Crippen LogP contribution < -0.4 is 10.2 Å². The molecule has 1 atom stereocenters. The summed E-state index contributed by atoms with van der Waals surface area (Å²) in [6.45, 7) is 0.631. The van der Waals surface area contributed by atoms with Gasteiger partial charge in [-0.3, -0.25) is 14.6 Å². The number of rotatable bonds is 5. The summed E-state index contributed by atoms with van der Waals surface area (Å²) in [6.07, 6.45) is 2.61. The number of phenolic OH excluding ortho intramolecular Hbond substituents is 1. The fourth-order valence-corrected chi connectivity index (χ4v) is 4.03. The number of Topliss-reactive ketones (excluding diaryl/α,β-unsaturated/α-hetero) is 1. The number of phenols is 1. The average molecular weight is 460 g/mol. The van der Waals surface area contributed by atoms with E-state index in [0.717, 1.165) is 5.56 Å². The van der Waals surface area contributed by atoms with Crippen molar-refractivity contribution < 1.29 is 19.1 Å². The third kappa shape index (κ3) is 4.33. The number of halogens is 3. The SMILES string of the molecule is O=C(Nc1c(Cl)cncc1Cl)C(=O)C1CN(Cc2ccc(F)cc2)c2ccc(O)cc21. The second-order valence-corrected chi connectivity index (χ2v) is 7.91. The van der Waals surface area contributed by atoms with Crippen LogP contribution in [0.25, 0.3) is 0 Å². The highest BCUT2D eigenvalue weighted by Gasteiger charge is 2.37. The second kappa shape index (κ2) is 8.53. The van der Waals surface area contributed by atoms with Gasteiger partial charge in [-0.2, -0.15) is 0 Å². The van der Waals surface area contributed by atoms with Crippen molar-refractivity contribution in [1.29, 1.82) is 0 Å². The Morgan fingerprint density at radius 1 is 1.13 bits per heavy atom. The van der Waals surface area contributed by atoms with E-state index in [1.54, 1.807) is 18.2 Å². The molecule has 6 nitrogen and oxygen atoms in total. The number of pyridine rings is 1. The summed E-state index contributed by atoms with van der Waals surface area (Å²) in [5.74, 6) is -2.73. The smallest absolute Gasteiger partial charge is 0.292 e. The van der Waals surface area contributed by atoms with Crippen molar-refractivity contribution in [3.05, 3.63) is 81.8 Å². The van der Waals surface area contributed by atoms with Crippen molar-refractivity contribution in [2.24, 2.45) is 0 Å². The number of hydrogen-bond acceptors (Lipinski definition) is 5. The van der Waals surface area contributed by atoms with E-state index in [4.69, 9.17) is 23.2 Å². The summed E-state index contributed by atoms with van der Waals surface area (Å²) < 4.78 is 13.2. The number of nitrogens with one attached hydrogen (secondary N) is 1. The molecule has 1 aliphatic heterocycles. The van der Waals surface area contributed by atoms with Gasteiger partial charge in [0.2, 0.25) is 5.78 Å². The van der Waals surface area contributed by atoms with E-state index in [1.807, 2.05) is 4.90 Å². The van der Waals surface area contributed by atoms with Crippen molar-refractivity contribution in [3.8, 4) is 5.75 Å². The number of carbonyl (C=O) groups is 2. The normalized spacial score (nSPS) is 14.9. The third-order valence-electron chi connectivity index (χ3n) is 5.05. The zero-order chi connectivity index (χ0) is 22.1. The number of aromatic nitrogens is 1. The molecule has 9 heteroatoms. The molecule has 1 aromatic heterocycles. The first-order chi connectivity index (χ1) is 14.8. The molecule has 2 N–H and O–H groups in total. The van der Waals surface area contributed by atoms with Gasteiger partial charge in [0.25, 0.3) is 5.91 Å². The molecular formula is C22H16Cl2FN3O3. The topological polar surface area (TPSA) is 82.5 Å². The van der Waals surface area contributed by atoms with Crippen LogP contribution in [0.3, 0.4) is 0 Å². The van der Waals surface area contributed by atoms with Crippen LogP contribution in [0.2, 0.25) is 10.0 Å². The lowest BCUT2D eigenvalue weighted by Gasteiger charge is -2.20. The van der Waals surface area contributed by atoms with E-state index in [0.29, 0.717) is 17.8 Å². The molecule has 2 aromatic carbocycles. The lowest BCUT2D eigenvalue weighted by Crippen LogP contribution is -2.31. The highest BCUT2D eigenvalue weighted by Crippen LogP contribution is 2.40. The Balaban J connectivity index is 1.59. The van der Waals surface area contributed by atoms with Crippen molar-refractivity contribution in [2.45, 2.75) is 12.5 Å². The molecule has 2 heterocycles. The summed E-state index contributed by atoms with van der Waals surface area (Å²) in [7, 11) is 0. The molecule has 0 radical (unpaired) electrons. The Hall–Kier alpha value is -3.16. The summed E-state index contributed by atoms with van der Waals surface area (Å²) in [5.41, 5.74) is 2.20. The Morgan fingerprint density at radius 2 is 1.81 bits per heavy atom. The highest BCUT2D eigenvalue weighted by molar-refractivity contribution is 6.46. The summed E-state index contributed by atoms with van der Waals surface area (Å²) in [5, 5.41) is 12.6. The minimum Gasteiger partial charge on any atom is -0.508 e. The van der Waals surface area contributed by atoms with Gasteiger partial charge in [-0.1, -0.05) is 35.3 Å². The van der Waals surface area contributed by atoms with Gasteiger partial charge >= 0.3 is 0 Å². The van der Waals surface area contributed by atoms with Crippen LogP contribution in [0, 0.1) is 5.82 Å². The Kier molecular flexibility index (Phi) is 5.80. The van der Waals surface area contributed by atoms with Crippen LogP contribution in [-0.4, -0.2) is 28.3 Å². The van der Waals surface area contributed by atoms with Gasteiger partial charge in [-0.15, -0.1) is 0 Å². The maximum absolute atomic E-state index is 13.2.